The molecule has 0 spiro atoms. The molecule has 0 saturated heterocycles. The van der Waals surface area contributed by atoms with Crippen LogP contribution >= 0.6 is 0 Å². The monoisotopic (exact) mass is 93.0 g/mol. The average molecular weight is 92.6 g/mol. The van der Waals surface area contributed by atoms with Gasteiger partial charge in [-0.25, -0.2) is 2.74 Å². The van der Waals surface area contributed by atoms with Gasteiger partial charge in [0.2, 0.25) is 0 Å². The van der Waals surface area contributed by atoms with Crippen molar-refractivity contribution in [3.8, 4) is 0 Å². The number of hydrogen-bond acceptors (Lipinski definition) is 0. The summed E-state index contributed by atoms with van der Waals surface area (Å²) in [5, 5.41) is 0. The Morgan fingerprint density at radius 1 is 3.00 bits per heavy atom. The summed E-state index contributed by atoms with van der Waals surface area (Å²) in [6.45, 7) is -0.546. The second-order valence-corrected chi connectivity index (χ2v) is 0.167. The van der Waals surface area contributed by atoms with Crippen LogP contribution in [0.25, 0.3) is 0 Å². The van der Waals surface area contributed by atoms with Crippen molar-refractivity contribution in [3.63, 3.8) is 0 Å². The maximum atomic E-state index is 6.40. The molecule has 0 amide bonds. The summed E-state index contributed by atoms with van der Waals surface area (Å²) in [5.41, 5.74) is 0. The molecule has 0 atom stereocenters. The summed E-state index contributed by atoms with van der Waals surface area (Å²) in [6, 6.07) is 0. The van der Waals surface area contributed by atoms with Crippen LogP contribution in [0.2, 0.25) is 0 Å². The molecule has 0 fully saturated rings. The fourth-order valence-electron chi connectivity index (χ4n) is 0. The molecule has 0 aromatic rings. The van der Waals surface area contributed by atoms with Crippen molar-refractivity contribution in [1.82, 2.24) is 0 Å². The Kier molecular flexibility index (Phi) is 4.64. The zero-order valence-electron chi connectivity index (χ0n) is 5.10. The average Bonchev–Trinajstić information content (AvgIpc) is 1.36. The summed E-state index contributed by atoms with van der Waals surface area (Å²) in [7, 11) is 3.54. The van der Waals surface area contributed by atoms with Gasteiger partial charge >= 0.3 is 0 Å². The van der Waals surface area contributed by atoms with Gasteiger partial charge in [0.1, 0.15) is 0 Å². The van der Waals surface area contributed by atoms with Crippen molar-refractivity contribution in [2.75, 3.05) is 0 Å². The summed E-state index contributed by atoms with van der Waals surface area (Å²) in [6.07, 6.45) is 0. The smallest absolute Gasteiger partial charge is 0 e. The molecule has 0 nitrogen and oxygen atoms in total. The molecule has 0 N–H and O–H groups in total. The van der Waals surface area contributed by atoms with Crippen LogP contribution in [0.1, 0.15) is 2.74 Å². The van der Waals surface area contributed by atoms with E-state index >= 15 is 0 Å². The molecule has 19 valence electrons. The normalized spacial score (nSPS) is 14.8. The first-order valence-corrected chi connectivity index (χ1v) is 0.622. The summed E-state index contributed by atoms with van der Waals surface area (Å²) in [4.78, 5) is 0. The molecule has 0 aliphatic heterocycles. The number of rotatable bonds is 1. The Balaban J connectivity index is 0. The Labute approximate surface area is 45.0 Å². The molecule has 0 saturated carbocycles. The topological polar surface area (TPSA) is 0 Å². The standard InChI is InChI=1S/CH3B2.V/c1-3-2;/h3H,1H2;/q-1;/i1TD,3T;. The third kappa shape index (κ3) is 15.6. The first-order chi connectivity index (χ1) is 2.64. The van der Waals surface area contributed by atoms with Gasteiger partial charge in [0, 0.05) is 18.6 Å². The quantitative estimate of drug-likeness (QED) is 0.296. The van der Waals surface area contributed by atoms with Gasteiger partial charge in [-0.05, 0) is 7.74 Å². The van der Waals surface area contributed by atoms with Gasteiger partial charge < -0.3 is 6.78 Å². The van der Waals surface area contributed by atoms with Crippen molar-refractivity contribution in [2.24, 2.45) is 0 Å². The van der Waals surface area contributed by atoms with E-state index in [2.05, 4.69) is 7.74 Å². The van der Waals surface area contributed by atoms with Crippen molar-refractivity contribution in [3.05, 3.63) is 6.78 Å². The predicted octanol–water partition coefficient (Wildman–Crippen LogP) is -0.705. The van der Waals surface area contributed by atoms with Crippen LogP contribution in [0.3, 0.4) is 0 Å². The minimum atomic E-state index is -1.15. The van der Waals surface area contributed by atoms with Crippen LogP contribution in [0.5, 0.6) is 0 Å². The maximum absolute atomic E-state index is 6.40. The molecule has 0 unspecified atom stereocenters. The minimum absolute atomic E-state index is 0. The molecule has 0 aliphatic rings. The van der Waals surface area contributed by atoms with Crippen LogP contribution in [0.15, 0.2) is 0 Å². The molecule has 0 bridgehead atoms. The van der Waals surface area contributed by atoms with Gasteiger partial charge in [-0.3, -0.25) is 0 Å². The third-order valence-electron chi connectivity index (χ3n) is 0. The molecule has 0 aromatic heterocycles. The predicted molar refractivity (Wildman–Crippen MR) is 18.3 cm³/mol. The molecule has 0 aromatic carbocycles. The fourth-order valence-corrected chi connectivity index (χ4v) is 0. The van der Waals surface area contributed by atoms with E-state index in [9.17, 15) is 0 Å². The Bertz CT molecular complexity index is 33.9. The zero-order chi connectivity index (χ0) is 5.15. The second kappa shape index (κ2) is 9.31. The zero-order valence-corrected chi connectivity index (χ0v) is 3.50. The summed E-state index contributed by atoms with van der Waals surface area (Å²) < 4.78 is 19.0. The Morgan fingerprint density at radius 2 is 3.25 bits per heavy atom. The van der Waals surface area contributed by atoms with Crippen molar-refractivity contribution >= 4 is 14.9 Å². The van der Waals surface area contributed by atoms with E-state index in [1.807, 2.05) is 0 Å². The molecular weight excluding hydrogens is 84.6 g/mol. The Morgan fingerprint density at radius 3 is 3.25 bits per heavy atom. The maximum Gasteiger partial charge on any atom is 0 e. The molecule has 3 heteroatoms. The summed E-state index contributed by atoms with van der Waals surface area (Å²) >= 11 is 0. The van der Waals surface area contributed by atoms with E-state index in [0.29, 0.717) is 0 Å². The van der Waals surface area contributed by atoms with E-state index in [4.69, 9.17) is 4.08 Å². The van der Waals surface area contributed by atoms with Gasteiger partial charge in [0.05, 0.1) is 0 Å². The largest absolute Gasteiger partial charge is 0.375 e. The minimum Gasteiger partial charge on any atom is -0.375 e. The molecule has 4 heavy (non-hydrogen) atoms. The molecule has 0 heterocycles. The molecule has 0 rings (SSSR count). The molecule has 0 aliphatic carbocycles. The van der Waals surface area contributed by atoms with Gasteiger partial charge in [0.15, 0.2) is 0 Å². The van der Waals surface area contributed by atoms with Crippen LogP contribution < -0.4 is 0 Å². The Hall–Kier alpha value is 0.714. The van der Waals surface area contributed by atoms with Gasteiger partial charge in [-0.2, -0.15) is 0 Å². The van der Waals surface area contributed by atoms with Gasteiger partial charge in [0.25, 0.3) is 0 Å². The van der Waals surface area contributed by atoms with E-state index < -0.39 is 13.9 Å². The molecule has 3 radical (unpaired) electrons. The van der Waals surface area contributed by atoms with Crippen LogP contribution in [-0.4, -0.2) is 16.2 Å². The molecular formula is CH3B2V-. The van der Waals surface area contributed by atoms with E-state index in [0.717, 1.165) is 0 Å². The van der Waals surface area contributed by atoms with E-state index in [1.165, 1.54) is 0 Å². The van der Waals surface area contributed by atoms with Crippen LogP contribution in [-0.2, 0) is 18.6 Å². The van der Waals surface area contributed by atoms with Gasteiger partial charge in [-0.1, -0.05) is 8.47 Å². The van der Waals surface area contributed by atoms with E-state index in [1.54, 1.807) is 0 Å². The first kappa shape index (κ1) is 1.99. The van der Waals surface area contributed by atoms with Crippen molar-refractivity contribution in [2.45, 2.75) is 0 Å². The first-order valence-electron chi connectivity index (χ1n) is 2.20. The SMILES string of the molecule is [2H][C-]([3H])B([3H])[B].[V]. The second-order valence-electron chi connectivity index (χ2n) is 0.167. The summed E-state index contributed by atoms with van der Waals surface area (Å²) in [5.74, 6) is 0. The van der Waals surface area contributed by atoms with Crippen molar-refractivity contribution in [1.29, 1.82) is 1.34 Å². The third-order valence-corrected chi connectivity index (χ3v) is 0. The van der Waals surface area contributed by atoms with Crippen LogP contribution in [0.4, 0.5) is 0 Å². The fraction of sp³-hybridized carbons (Fsp3) is 0. The van der Waals surface area contributed by atoms with Crippen LogP contribution in [0, 0.1) is 6.78 Å². The van der Waals surface area contributed by atoms with Crippen molar-refractivity contribution < 1.29 is 21.3 Å². The van der Waals surface area contributed by atoms with Gasteiger partial charge in [-0.15, -0.1) is 0 Å². The number of hydrogen-bond donors (Lipinski definition) is 0. The van der Waals surface area contributed by atoms with E-state index in [-0.39, 0.29) is 18.6 Å².